The number of nitrogens with one attached hydrogen (secondary N) is 2. The van der Waals surface area contributed by atoms with Gasteiger partial charge in [0.25, 0.3) is 0 Å². The number of rotatable bonds is 10. The second kappa shape index (κ2) is 10.6. The average Bonchev–Trinajstić information content (AvgIpc) is 2.53. The maximum Gasteiger partial charge on any atom is 0.234 e. The molecule has 0 saturated heterocycles. The third-order valence-electron chi connectivity index (χ3n) is 3.74. The van der Waals surface area contributed by atoms with Crippen LogP contribution in [0.15, 0.2) is 30.3 Å². The summed E-state index contributed by atoms with van der Waals surface area (Å²) in [6.45, 7) is 7.96. The van der Waals surface area contributed by atoms with Gasteiger partial charge >= 0.3 is 0 Å². The van der Waals surface area contributed by atoms with Gasteiger partial charge in [0.15, 0.2) is 5.78 Å². The Balaban J connectivity index is 2.58. The number of benzene rings is 1. The van der Waals surface area contributed by atoms with Gasteiger partial charge in [0.1, 0.15) is 0 Å². The molecule has 0 unspecified atom stereocenters. The Labute approximate surface area is 150 Å². The Morgan fingerprint density at radius 2 is 1.56 bits per heavy atom. The van der Waals surface area contributed by atoms with Crippen LogP contribution in [0.3, 0.4) is 0 Å². The van der Waals surface area contributed by atoms with Crippen LogP contribution in [0.4, 0.5) is 0 Å². The molecule has 1 rings (SSSR count). The van der Waals surface area contributed by atoms with Crippen molar-refractivity contribution in [1.82, 2.24) is 15.5 Å². The van der Waals surface area contributed by atoms with Crippen molar-refractivity contribution in [3.63, 3.8) is 0 Å². The van der Waals surface area contributed by atoms with Gasteiger partial charge in [0.2, 0.25) is 11.8 Å². The third-order valence-corrected chi connectivity index (χ3v) is 3.74. The molecular weight excluding hydrogens is 318 g/mol. The minimum Gasteiger partial charge on any atom is -0.353 e. The first-order chi connectivity index (χ1) is 11.8. The number of likely N-dealkylation sites (N-methyl/N-ethyl adjacent to an activating group) is 1. The third kappa shape index (κ3) is 8.44. The monoisotopic (exact) mass is 347 g/mol. The van der Waals surface area contributed by atoms with Crippen LogP contribution in [-0.2, 0) is 20.8 Å². The van der Waals surface area contributed by atoms with Crippen LogP contribution in [-0.4, -0.2) is 54.2 Å². The van der Waals surface area contributed by atoms with Gasteiger partial charge in [0, 0.05) is 6.04 Å². The van der Waals surface area contributed by atoms with Crippen molar-refractivity contribution >= 4 is 17.6 Å². The molecule has 0 aromatic heterocycles. The van der Waals surface area contributed by atoms with Gasteiger partial charge in [-0.3, -0.25) is 19.3 Å². The summed E-state index contributed by atoms with van der Waals surface area (Å²) in [6, 6.07) is 9.08. The minimum absolute atomic E-state index is 0.0630. The number of hydrogen-bond donors (Lipinski definition) is 2. The van der Waals surface area contributed by atoms with E-state index in [1.54, 1.807) is 4.90 Å². The molecule has 138 valence electrons. The standard InChI is InChI=1S/C19H29N3O3/c1-5-22(12-18(24)20-14(2)3)13-19(25)21-17(15(4)23)11-16-9-7-6-8-10-16/h6-10,14,17H,5,11-13H2,1-4H3,(H,20,24)(H,21,25)/t17-/m1/s1. The lowest BCUT2D eigenvalue weighted by Crippen LogP contribution is -2.48. The van der Waals surface area contributed by atoms with Crippen molar-refractivity contribution in [2.75, 3.05) is 19.6 Å². The fourth-order valence-electron chi connectivity index (χ4n) is 2.44. The van der Waals surface area contributed by atoms with Gasteiger partial charge < -0.3 is 10.6 Å². The number of carbonyl (C=O) groups excluding carboxylic acids is 3. The highest BCUT2D eigenvalue weighted by atomic mass is 16.2. The molecule has 1 aromatic carbocycles. The van der Waals surface area contributed by atoms with Crippen molar-refractivity contribution in [1.29, 1.82) is 0 Å². The van der Waals surface area contributed by atoms with Crippen molar-refractivity contribution in [3.05, 3.63) is 35.9 Å². The molecule has 0 saturated carbocycles. The highest BCUT2D eigenvalue weighted by Crippen LogP contribution is 2.04. The van der Waals surface area contributed by atoms with Crippen LogP contribution >= 0.6 is 0 Å². The lowest BCUT2D eigenvalue weighted by atomic mass is 10.0. The molecule has 0 fully saturated rings. The van der Waals surface area contributed by atoms with E-state index in [-0.39, 0.29) is 36.7 Å². The van der Waals surface area contributed by atoms with E-state index < -0.39 is 6.04 Å². The molecule has 0 heterocycles. The van der Waals surface area contributed by atoms with Crippen molar-refractivity contribution in [2.24, 2.45) is 0 Å². The molecule has 0 spiro atoms. The predicted molar refractivity (Wildman–Crippen MR) is 98.2 cm³/mol. The number of carbonyl (C=O) groups is 3. The van der Waals surface area contributed by atoms with Crippen molar-refractivity contribution < 1.29 is 14.4 Å². The zero-order valence-electron chi connectivity index (χ0n) is 15.5. The second-order valence-corrected chi connectivity index (χ2v) is 6.45. The number of amides is 2. The summed E-state index contributed by atoms with van der Waals surface area (Å²) in [4.78, 5) is 37.7. The molecule has 0 aliphatic carbocycles. The Bertz CT molecular complexity index is 573. The van der Waals surface area contributed by atoms with E-state index in [0.29, 0.717) is 13.0 Å². The van der Waals surface area contributed by atoms with Gasteiger partial charge in [-0.1, -0.05) is 37.3 Å². The molecule has 2 amide bonds. The number of hydrogen-bond acceptors (Lipinski definition) is 4. The summed E-state index contributed by atoms with van der Waals surface area (Å²) in [6.07, 6.45) is 0.460. The Hall–Kier alpha value is -2.21. The maximum absolute atomic E-state index is 12.3. The molecule has 2 N–H and O–H groups in total. The van der Waals surface area contributed by atoms with Gasteiger partial charge in [-0.2, -0.15) is 0 Å². The zero-order valence-corrected chi connectivity index (χ0v) is 15.5. The van der Waals surface area contributed by atoms with Crippen molar-refractivity contribution in [2.45, 2.75) is 46.2 Å². The lowest BCUT2D eigenvalue weighted by molar-refractivity contribution is -0.128. The van der Waals surface area contributed by atoms with E-state index in [1.165, 1.54) is 6.92 Å². The average molecular weight is 347 g/mol. The first-order valence-electron chi connectivity index (χ1n) is 8.67. The summed E-state index contributed by atoms with van der Waals surface area (Å²) < 4.78 is 0. The van der Waals surface area contributed by atoms with Gasteiger partial charge in [0.05, 0.1) is 19.1 Å². The van der Waals surface area contributed by atoms with Crippen LogP contribution in [0.5, 0.6) is 0 Å². The smallest absolute Gasteiger partial charge is 0.234 e. The molecule has 0 radical (unpaired) electrons. The van der Waals surface area contributed by atoms with Crippen LogP contribution < -0.4 is 10.6 Å². The molecule has 6 heteroatoms. The summed E-state index contributed by atoms with van der Waals surface area (Å²) in [5.41, 5.74) is 0.992. The number of Topliss-reactive ketones (excluding diaryl/α,β-unsaturated/α-hetero) is 1. The predicted octanol–water partition coefficient (Wildman–Crippen LogP) is 1.15. The molecule has 25 heavy (non-hydrogen) atoms. The largest absolute Gasteiger partial charge is 0.353 e. The van der Waals surface area contributed by atoms with E-state index in [0.717, 1.165) is 5.56 Å². The quantitative estimate of drug-likeness (QED) is 0.665. The van der Waals surface area contributed by atoms with Crippen LogP contribution in [0.2, 0.25) is 0 Å². The fourth-order valence-corrected chi connectivity index (χ4v) is 2.44. The van der Waals surface area contributed by atoms with Gasteiger partial charge in [-0.05, 0) is 39.3 Å². The van der Waals surface area contributed by atoms with Crippen LogP contribution in [0.25, 0.3) is 0 Å². The molecule has 0 aliphatic heterocycles. The van der Waals surface area contributed by atoms with Gasteiger partial charge in [-0.25, -0.2) is 0 Å². The minimum atomic E-state index is -0.557. The van der Waals surface area contributed by atoms with Crippen LogP contribution in [0, 0.1) is 0 Å². The highest BCUT2D eigenvalue weighted by molar-refractivity contribution is 5.88. The molecule has 1 atom stereocenters. The summed E-state index contributed by atoms with van der Waals surface area (Å²) in [7, 11) is 0. The molecular formula is C19H29N3O3. The normalized spacial score (nSPS) is 12.1. The Morgan fingerprint density at radius 3 is 2.04 bits per heavy atom. The first-order valence-corrected chi connectivity index (χ1v) is 8.67. The zero-order chi connectivity index (χ0) is 18.8. The number of nitrogens with zero attached hydrogens (tertiary/aromatic N) is 1. The lowest BCUT2D eigenvalue weighted by Gasteiger charge is -2.22. The van der Waals surface area contributed by atoms with E-state index in [4.69, 9.17) is 0 Å². The molecule has 6 nitrogen and oxygen atoms in total. The van der Waals surface area contributed by atoms with Crippen molar-refractivity contribution in [3.8, 4) is 0 Å². The first kappa shape index (κ1) is 20.8. The Kier molecular flexibility index (Phi) is 8.84. The highest BCUT2D eigenvalue weighted by Gasteiger charge is 2.20. The summed E-state index contributed by atoms with van der Waals surface area (Å²) in [5.74, 6) is -0.454. The summed E-state index contributed by atoms with van der Waals surface area (Å²) >= 11 is 0. The fraction of sp³-hybridized carbons (Fsp3) is 0.526. The molecule has 0 bridgehead atoms. The Morgan fingerprint density at radius 1 is 1.00 bits per heavy atom. The van der Waals surface area contributed by atoms with E-state index in [9.17, 15) is 14.4 Å². The maximum atomic E-state index is 12.3. The van der Waals surface area contributed by atoms with E-state index in [2.05, 4.69) is 10.6 Å². The molecule has 1 aromatic rings. The SMILES string of the molecule is CCN(CC(=O)NC(C)C)CC(=O)N[C@H](Cc1ccccc1)C(C)=O. The summed E-state index contributed by atoms with van der Waals surface area (Å²) in [5, 5.41) is 5.59. The topological polar surface area (TPSA) is 78.5 Å². The van der Waals surface area contributed by atoms with E-state index >= 15 is 0 Å². The van der Waals surface area contributed by atoms with Crippen LogP contribution in [0.1, 0.15) is 33.3 Å². The second-order valence-electron chi connectivity index (χ2n) is 6.45. The number of ketones is 1. The molecule has 0 aliphatic rings. The van der Waals surface area contributed by atoms with Gasteiger partial charge in [-0.15, -0.1) is 0 Å². The van der Waals surface area contributed by atoms with E-state index in [1.807, 2.05) is 51.1 Å².